The van der Waals surface area contributed by atoms with Gasteiger partial charge >= 0.3 is 6.18 Å². The van der Waals surface area contributed by atoms with Crippen molar-refractivity contribution in [1.82, 2.24) is 14.5 Å². The summed E-state index contributed by atoms with van der Waals surface area (Å²) in [5.74, 6) is -0.379. The number of rotatable bonds is 10. The molecule has 0 saturated heterocycles. The first-order chi connectivity index (χ1) is 18.9. The third-order valence-electron chi connectivity index (χ3n) is 5.74. The van der Waals surface area contributed by atoms with Gasteiger partial charge in [0.25, 0.3) is 6.41 Å². The Labute approximate surface area is 234 Å². The van der Waals surface area contributed by atoms with Crippen LogP contribution in [0.3, 0.4) is 0 Å². The first-order valence-corrected chi connectivity index (χ1v) is 13.8. The number of hydrogen-bond donors (Lipinski definition) is 4. The smallest absolute Gasteiger partial charge is 0.438 e. The number of alkyl halides is 3. The average molecular weight is 594 g/mol. The van der Waals surface area contributed by atoms with E-state index in [1.165, 1.54) is 24.3 Å². The van der Waals surface area contributed by atoms with Gasteiger partial charge in [0.2, 0.25) is 15.7 Å². The summed E-state index contributed by atoms with van der Waals surface area (Å²) in [5.41, 5.74) is 6.03. The molecule has 14 heteroatoms. The Morgan fingerprint density at radius 2 is 1.62 bits per heavy atom. The molecular formula is C26H26F3N5O4S2. The molecule has 4 aromatic rings. The van der Waals surface area contributed by atoms with Gasteiger partial charge in [0.15, 0.2) is 5.75 Å². The first-order valence-electron chi connectivity index (χ1n) is 11.8. The number of nitrogens with zero attached hydrogens (tertiary/aromatic N) is 2. The van der Waals surface area contributed by atoms with E-state index in [0.717, 1.165) is 10.2 Å². The molecule has 0 fully saturated rings. The molecule has 2 unspecified atom stereocenters. The van der Waals surface area contributed by atoms with Gasteiger partial charge in [-0.25, -0.2) is 18.2 Å². The highest BCUT2D eigenvalue weighted by molar-refractivity contribution is 7.89. The van der Waals surface area contributed by atoms with Crippen molar-refractivity contribution in [2.45, 2.75) is 36.9 Å². The van der Waals surface area contributed by atoms with Crippen LogP contribution in [0.15, 0.2) is 83.8 Å². The molecule has 4 rings (SSSR count). The van der Waals surface area contributed by atoms with Crippen molar-refractivity contribution in [2.24, 2.45) is 10.9 Å². The van der Waals surface area contributed by atoms with E-state index in [-0.39, 0.29) is 28.1 Å². The predicted molar refractivity (Wildman–Crippen MR) is 146 cm³/mol. The minimum Gasteiger partial charge on any atom is -0.442 e. The molecule has 1 aromatic heterocycles. The number of nitrogens with one attached hydrogen (secondary N) is 1. The number of ether oxygens (including phenoxy) is 2. The summed E-state index contributed by atoms with van der Waals surface area (Å²) in [6.45, 7) is 1.96. The number of thiol groups is 1. The number of sulfonamides is 1. The zero-order chi connectivity index (χ0) is 29.1. The summed E-state index contributed by atoms with van der Waals surface area (Å²) in [6.07, 6.45) is -5.86. The van der Waals surface area contributed by atoms with Gasteiger partial charge in [-0.3, -0.25) is 10.5 Å². The molecule has 1 heterocycles. The Bertz CT molecular complexity index is 1550. The minimum absolute atomic E-state index is 0.0704. The van der Waals surface area contributed by atoms with Crippen molar-refractivity contribution in [3.8, 4) is 28.4 Å². The van der Waals surface area contributed by atoms with Gasteiger partial charge in [-0.1, -0.05) is 55.3 Å². The number of benzene rings is 3. The fourth-order valence-electron chi connectivity index (χ4n) is 3.89. The molecule has 0 aliphatic heterocycles. The molecule has 40 heavy (non-hydrogen) atoms. The van der Waals surface area contributed by atoms with Crippen molar-refractivity contribution >= 4 is 22.8 Å². The SMILES string of the molecule is CC(Cc1ccc(OC(N)Oc2c(C(F)(F)F)nn(-c3ccc(S(N)(=O)=O)cc3)c2-c2ccccc2)cc1)NS. The van der Waals surface area contributed by atoms with E-state index in [2.05, 4.69) is 22.6 Å². The lowest BCUT2D eigenvalue weighted by Crippen LogP contribution is -2.34. The Morgan fingerprint density at radius 3 is 2.17 bits per heavy atom. The van der Waals surface area contributed by atoms with E-state index in [0.29, 0.717) is 12.0 Å². The molecule has 0 aliphatic carbocycles. The highest BCUT2D eigenvalue weighted by Crippen LogP contribution is 2.43. The van der Waals surface area contributed by atoms with Crippen LogP contribution in [0.25, 0.3) is 16.9 Å². The van der Waals surface area contributed by atoms with Gasteiger partial charge in [-0.05, 0) is 55.3 Å². The predicted octanol–water partition coefficient (Wildman–Crippen LogP) is 4.27. The average Bonchev–Trinajstić information content (AvgIpc) is 3.29. The van der Waals surface area contributed by atoms with E-state index < -0.39 is 34.1 Å². The summed E-state index contributed by atoms with van der Waals surface area (Å²) < 4.78 is 80.9. The summed E-state index contributed by atoms with van der Waals surface area (Å²) in [7, 11) is -4.02. The van der Waals surface area contributed by atoms with Crippen molar-refractivity contribution in [2.75, 3.05) is 0 Å². The lowest BCUT2D eigenvalue weighted by atomic mass is 10.1. The summed E-state index contributed by atoms with van der Waals surface area (Å²) in [6, 6.07) is 20.0. The van der Waals surface area contributed by atoms with Crippen LogP contribution in [0.2, 0.25) is 0 Å². The second-order valence-electron chi connectivity index (χ2n) is 8.82. The zero-order valence-corrected chi connectivity index (χ0v) is 22.7. The second-order valence-corrected chi connectivity index (χ2v) is 10.6. The molecule has 0 aliphatic rings. The van der Waals surface area contributed by atoms with Crippen LogP contribution in [0.4, 0.5) is 13.2 Å². The van der Waals surface area contributed by atoms with Crippen LogP contribution in [0.1, 0.15) is 18.2 Å². The summed E-state index contributed by atoms with van der Waals surface area (Å²) in [5, 5.41) is 8.94. The summed E-state index contributed by atoms with van der Waals surface area (Å²) >= 11 is 4.04. The quantitative estimate of drug-likeness (QED) is 0.159. The lowest BCUT2D eigenvalue weighted by molar-refractivity contribution is -0.144. The topological polar surface area (TPSA) is 134 Å². The molecule has 3 aromatic carbocycles. The zero-order valence-electron chi connectivity index (χ0n) is 21.0. The Morgan fingerprint density at radius 1 is 1.00 bits per heavy atom. The Kier molecular flexibility index (Phi) is 8.75. The number of hydrogen-bond acceptors (Lipinski definition) is 8. The van der Waals surface area contributed by atoms with Crippen LogP contribution in [0, 0.1) is 0 Å². The number of aromatic nitrogens is 2. The molecule has 0 saturated carbocycles. The van der Waals surface area contributed by atoms with Gasteiger partial charge in [-0.15, -0.1) is 0 Å². The van der Waals surface area contributed by atoms with Crippen LogP contribution >= 0.6 is 12.8 Å². The van der Waals surface area contributed by atoms with Gasteiger partial charge < -0.3 is 9.47 Å². The molecular weight excluding hydrogens is 567 g/mol. The molecule has 5 N–H and O–H groups in total. The number of nitrogens with two attached hydrogens (primary N) is 2. The van der Waals surface area contributed by atoms with E-state index in [4.69, 9.17) is 20.3 Å². The van der Waals surface area contributed by atoms with Gasteiger partial charge in [0.05, 0.1) is 10.6 Å². The van der Waals surface area contributed by atoms with Crippen LogP contribution < -0.4 is 25.1 Å². The molecule has 9 nitrogen and oxygen atoms in total. The van der Waals surface area contributed by atoms with Gasteiger partial charge in [0, 0.05) is 11.6 Å². The number of halogens is 3. The Balaban J connectivity index is 1.73. The second kappa shape index (κ2) is 11.9. The normalized spacial score (nSPS) is 13.6. The lowest BCUT2D eigenvalue weighted by Gasteiger charge is -2.18. The van der Waals surface area contributed by atoms with Crippen LogP contribution in [-0.4, -0.2) is 30.7 Å². The maximum Gasteiger partial charge on any atom is 0.438 e. The first kappa shape index (κ1) is 29.4. The van der Waals surface area contributed by atoms with E-state index >= 15 is 0 Å². The summed E-state index contributed by atoms with van der Waals surface area (Å²) in [4.78, 5) is -0.213. The fourth-order valence-corrected chi connectivity index (χ4v) is 4.50. The highest BCUT2D eigenvalue weighted by atomic mass is 32.2. The van der Waals surface area contributed by atoms with E-state index in [1.807, 2.05) is 6.92 Å². The largest absolute Gasteiger partial charge is 0.442 e. The monoisotopic (exact) mass is 593 g/mol. The molecule has 2 atom stereocenters. The Hall–Kier alpha value is -3.56. The van der Waals surface area contributed by atoms with Crippen LogP contribution in [-0.2, 0) is 22.6 Å². The third kappa shape index (κ3) is 6.95. The van der Waals surface area contributed by atoms with Crippen molar-refractivity contribution in [1.29, 1.82) is 0 Å². The molecule has 0 radical (unpaired) electrons. The molecule has 212 valence electrons. The van der Waals surface area contributed by atoms with E-state index in [9.17, 15) is 21.6 Å². The minimum atomic E-state index is -4.93. The van der Waals surface area contributed by atoms with Crippen LogP contribution in [0.5, 0.6) is 11.5 Å². The van der Waals surface area contributed by atoms with E-state index in [1.54, 1.807) is 54.6 Å². The van der Waals surface area contributed by atoms with Gasteiger partial charge in [0.1, 0.15) is 11.4 Å². The molecule has 0 amide bonds. The maximum absolute atomic E-state index is 14.2. The fraction of sp³-hybridized carbons (Fsp3) is 0.192. The van der Waals surface area contributed by atoms with Gasteiger partial charge in [-0.2, -0.15) is 18.3 Å². The molecule has 0 bridgehead atoms. The standard InChI is InChI=1S/C26H26F3N5O4S2/c1-16(33-39)15-17-7-11-20(12-8-17)37-25(30)38-23-22(18-5-3-2-4-6-18)34(32-24(23)26(27,28)29)19-9-13-21(14-10-19)40(31,35)36/h2-14,16,25,33,39H,15,30H2,1H3,(H2,31,35,36). The molecule has 0 spiro atoms. The number of primary sulfonamides is 1. The maximum atomic E-state index is 14.2. The van der Waals surface area contributed by atoms with Crippen molar-refractivity contribution in [3.63, 3.8) is 0 Å². The highest BCUT2D eigenvalue weighted by Gasteiger charge is 2.42. The third-order valence-corrected chi connectivity index (χ3v) is 7.11. The van der Waals surface area contributed by atoms with Crippen molar-refractivity contribution in [3.05, 3.63) is 90.1 Å². The van der Waals surface area contributed by atoms with Crippen molar-refractivity contribution < 1.29 is 31.1 Å².